The Balaban J connectivity index is 1.93. The topological polar surface area (TPSA) is 56.2 Å². The van der Waals surface area contributed by atoms with Crippen LogP contribution in [0.1, 0.15) is 31.9 Å². The summed E-state index contributed by atoms with van der Waals surface area (Å²) < 4.78 is 7.25. The van der Waals surface area contributed by atoms with Gasteiger partial charge in [-0.3, -0.25) is 9.48 Å². The largest absolute Gasteiger partial charge is 0.496 e. The van der Waals surface area contributed by atoms with E-state index < -0.39 is 0 Å². The molecule has 24 heavy (non-hydrogen) atoms. The second kappa shape index (κ2) is 6.00. The Hall–Kier alpha value is -2.82. The third-order valence-electron chi connectivity index (χ3n) is 3.82. The van der Waals surface area contributed by atoms with Crippen molar-refractivity contribution in [1.82, 2.24) is 15.1 Å². The molecule has 124 valence electrons. The quantitative estimate of drug-likeness (QED) is 0.883. The maximum atomic E-state index is 12.3. The molecule has 0 unspecified atom stereocenters. The number of hydrogen-bond acceptors (Lipinski definition) is 3. The zero-order valence-electron chi connectivity index (χ0n) is 14.3. The lowest BCUT2D eigenvalue weighted by atomic mass is 10.1. The van der Waals surface area contributed by atoms with Gasteiger partial charge in [0.1, 0.15) is 5.75 Å². The Morgan fingerprint density at radius 3 is 2.67 bits per heavy atom. The minimum atomic E-state index is -0.126. The number of nitrogens with zero attached hydrogens (tertiary/aromatic N) is 2. The molecule has 3 rings (SSSR count). The molecule has 0 saturated heterocycles. The maximum Gasteiger partial charge on any atom is 0.255 e. The van der Waals surface area contributed by atoms with Crippen LogP contribution in [0.4, 0.5) is 0 Å². The highest BCUT2D eigenvalue weighted by molar-refractivity contribution is 6.11. The summed E-state index contributed by atoms with van der Waals surface area (Å²) >= 11 is 0. The third kappa shape index (κ3) is 3.11. The minimum Gasteiger partial charge on any atom is -0.496 e. The Kier molecular flexibility index (Phi) is 4.01. The van der Waals surface area contributed by atoms with Gasteiger partial charge in [0.15, 0.2) is 0 Å². The summed E-state index contributed by atoms with van der Waals surface area (Å²) in [6, 6.07) is 7.61. The molecule has 0 radical (unpaired) electrons. The van der Waals surface area contributed by atoms with Gasteiger partial charge in [0, 0.05) is 22.9 Å². The van der Waals surface area contributed by atoms with Gasteiger partial charge in [-0.25, -0.2) is 0 Å². The van der Waals surface area contributed by atoms with Gasteiger partial charge >= 0.3 is 0 Å². The van der Waals surface area contributed by atoms with E-state index in [9.17, 15) is 4.79 Å². The van der Waals surface area contributed by atoms with Crippen LogP contribution < -0.4 is 10.1 Å². The molecule has 1 amide bonds. The second-order valence-electron chi connectivity index (χ2n) is 6.70. The van der Waals surface area contributed by atoms with Crippen LogP contribution in [0.15, 0.2) is 48.3 Å². The lowest BCUT2D eigenvalue weighted by molar-refractivity contribution is -0.115. The van der Waals surface area contributed by atoms with Crippen molar-refractivity contribution in [3.8, 4) is 5.75 Å². The van der Waals surface area contributed by atoms with E-state index in [1.165, 1.54) is 0 Å². The molecule has 1 aromatic heterocycles. The van der Waals surface area contributed by atoms with Crippen molar-refractivity contribution >= 4 is 17.7 Å². The first kappa shape index (κ1) is 16.1. The van der Waals surface area contributed by atoms with Crippen LogP contribution in [-0.4, -0.2) is 22.8 Å². The zero-order valence-corrected chi connectivity index (χ0v) is 14.3. The lowest BCUT2D eigenvalue weighted by Gasteiger charge is -2.18. The van der Waals surface area contributed by atoms with Gasteiger partial charge < -0.3 is 10.1 Å². The number of nitrogens with one attached hydrogen (secondary N) is 1. The molecule has 2 aromatic rings. The van der Waals surface area contributed by atoms with E-state index in [0.717, 1.165) is 22.6 Å². The molecule has 1 aliphatic heterocycles. The Morgan fingerprint density at radius 2 is 2.00 bits per heavy atom. The predicted octanol–water partition coefficient (Wildman–Crippen LogP) is 3.20. The summed E-state index contributed by atoms with van der Waals surface area (Å²) in [6.07, 6.45) is 7.39. The number of rotatable bonds is 3. The number of para-hydroxylation sites is 1. The summed E-state index contributed by atoms with van der Waals surface area (Å²) in [5, 5.41) is 7.26. The number of carbonyl (C=O) groups excluding carboxylic acids is 1. The van der Waals surface area contributed by atoms with E-state index in [1.807, 2.05) is 47.3 Å². The minimum absolute atomic E-state index is 0.0902. The standard InChI is InChI=1S/C19H21N3O2/c1-19(2,3)22-12-13(11-20-22)9-14-10-16(21-18(14)23)15-7-5-6-8-17(15)24-4/h5-12H,1-4H3,(H,21,23). The number of carbonyl (C=O) groups is 1. The van der Waals surface area contributed by atoms with Gasteiger partial charge in [-0.15, -0.1) is 0 Å². The van der Waals surface area contributed by atoms with Crippen LogP contribution in [0.3, 0.4) is 0 Å². The maximum absolute atomic E-state index is 12.3. The van der Waals surface area contributed by atoms with Crippen LogP contribution in [0.2, 0.25) is 0 Å². The fourth-order valence-electron chi connectivity index (χ4n) is 2.53. The van der Waals surface area contributed by atoms with Gasteiger partial charge in [0.05, 0.1) is 24.5 Å². The number of methoxy groups -OCH3 is 1. The van der Waals surface area contributed by atoms with Crippen molar-refractivity contribution in [2.24, 2.45) is 0 Å². The Bertz CT molecular complexity index is 838. The molecule has 0 fully saturated rings. The number of amides is 1. The second-order valence-corrected chi connectivity index (χ2v) is 6.70. The highest BCUT2D eigenvalue weighted by Gasteiger charge is 2.21. The molecule has 0 saturated carbocycles. The number of hydrogen-bond donors (Lipinski definition) is 1. The summed E-state index contributed by atoms with van der Waals surface area (Å²) in [5.41, 5.74) is 3.01. The molecule has 0 bridgehead atoms. The van der Waals surface area contributed by atoms with Gasteiger partial charge in [-0.1, -0.05) is 12.1 Å². The van der Waals surface area contributed by atoms with Gasteiger partial charge in [-0.2, -0.15) is 5.10 Å². The van der Waals surface area contributed by atoms with Crippen molar-refractivity contribution in [3.05, 3.63) is 59.4 Å². The highest BCUT2D eigenvalue weighted by Crippen LogP contribution is 2.29. The molecule has 1 N–H and O–H groups in total. The van der Waals surface area contributed by atoms with Crippen LogP contribution in [0.25, 0.3) is 11.8 Å². The first-order valence-electron chi connectivity index (χ1n) is 7.82. The van der Waals surface area contributed by atoms with E-state index in [1.54, 1.807) is 13.3 Å². The van der Waals surface area contributed by atoms with Crippen molar-refractivity contribution in [3.63, 3.8) is 0 Å². The fourth-order valence-corrected chi connectivity index (χ4v) is 2.53. The summed E-state index contributed by atoms with van der Waals surface area (Å²) in [6.45, 7) is 6.25. The first-order valence-corrected chi connectivity index (χ1v) is 7.82. The molecular formula is C19H21N3O2. The molecule has 5 heteroatoms. The van der Waals surface area contributed by atoms with Crippen molar-refractivity contribution in [2.75, 3.05) is 7.11 Å². The van der Waals surface area contributed by atoms with E-state index in [4.69, 9.17) is 4.74 Å². The van der Waals surface area contributed by atoms with E-state index in [-0.39, 0.29) is 11.4 Å². The molecule has 2 heterocycles. The third-order valence-corrected chi connectivity index (χ3v) is 3.82. The summed E-state index contributed by atoms with van der Waals surface area (Å²) in [7, 11) is 1.62. The fraction of sp³-hybridized carbons (Fsp3) is 0.263. The predicted molar refractivity (Wildman–Crippen MR) is 94.3 cm³/mol. The Morgan fingerprint density at radius 1 is 1.25 bits per heavy atom. The van der Waals surface area contributed by atoms with E-state index in [2.05, 4.69) is 31.2 Å². The zero-order chi connectivity index (χ0) is 17.3. The summed E-state index contributed by atoms with van der Waals surface area (Å²) in [5.74, 6) is 0.602. The lowest BCUT2D eigenvalue weighted by Crippen LogP contribution is -2.21. The van der Waals surface area contributed by atoms with Crippen molar-refractivity contribution in [1.29, 1.82) is 0 Å². The molecule has 5 nitrogen and oxygen atoms in total. The average Bonchev–Trinajstić information content (AvgIpc) is 3.15. The van der Waals surface area contributed by atoms with Crippen LogP contribution >= 0.6 is 0 Å². The average molecular weight is 323 g/mol. The number of aromatic nitrogens is 2. The molecule has 1 aromatic carbocycles. The van der Waals surface area contributed by atoms with Crippen LogP contribution in [0, 0.1) is 0 Å². The van der Waals surface area contributed by atoms with Gasteiger partial charge in [-0.05, 0) is 45.1 Å². The van der Waals surface area contributed by atoms with Gasteiger partial charge in [0.25, 0.3) is 5.91 Å². The van der Waals surface area contributed by atoms with Crippen molar-refractivity contribution < 1.29 is 9.53 Å². The number of benzene rings is 1. The first-order chi connectivity index (χ1) is 11.4. The van der Waals surface area contributed by atoms with E-state index >= 15 is 0 Å². The molecular weight excluding hydrogens is 302 g/mol. The monoisotopic (exact) mass is 323 g/mol. The molecule has 1 aliphatic rings. The Labute approximate surface area is 141 Å². The SMILES string of the molecule is COc1ccccc1C1=CC(=Cc2cnn(C(C)(C)C)c2)C(=O)N1. The van der Waals surface area contributed by atoms with Crippen LogP contribution in [-0.2, 0) is 10.3 Å². The number of ether oxygens (including phenoxy) is 1. The molecule has 0 spiro atoms. The summed E-state index contributed by atoms with van der Waals surface area (Å²) in [4.78, 5) is 12.3. The normalized spacial score (nSPS) is 16.2. The van der Waals surface area contributed by atoms with Crippen LogP contribution in [0.5, 0.6) is 5.75 Å². The molecule has 0 aliphatic carbocycles. The highest BCUT2D eigenvalue weighted by atomic mass is 16.5. The van der Waals surface area contributed by atoms with Crippen molar-refractivity contribution in [2.45, 2.75) is 26.3 Å². The smallest absolute Gasteiger partial charge is 0.255 e. The van der Waals surface area contributed by atoms with E-state index in [0.29, 0.717) is 5.57 Å². The van der Waals surface area contributed by atoms with Gasteiger partial charge in [0.2, 0.25) is 0 Å². The molecule has 0 atom stereocenters.